The molecule has 1 fully saturated rings. The van der Waals surface area contributed by atoms with Crippen molar-refractivity contribution in [2.75, 3.05) is 32.7 Å². The smallest absolute Gasteiger partial charge is 0.410 e. The topological polar surface area (TPSA) is 152 Å². The van der Waals surface area contributed by atoms with Crippen LogP contribution in [0.1, 0.15) is 43.1 Å². The molecule has 2 aromatic rings. The first-order valence-corrected chi connectivity index (χ1v) is 12.1. The van der Waals surface area contributed by atoms with Crippen LogP contribution in [0.2, 0.25) is 0 Å². The Morgan fingerprint density at radius 2 is 1.84 bits per heavy atom. The van der Waals surface area contributed by atoms with E-state index in [1.165, 1.54) is 37.3 Å². The van der Waals surface area contributed by atoms with Crippen LogP contribution in [-0.2, 0) is 11.3 Å². The summed E-state index contributed by atoms with van der Waals surface area (Å²) in [6, 6.07) is 8.40. The van der Waals surface area contributed by atoms with Crippen LogP contribution in [0.5, 0.6) is 11.5 Å². The van der Waals surface area contributed by atoms with Crippen molar-refractivity contribution in [1.29, 1.82) is 0 Å². The summed E-state index contributed by atoms with van der Waals surface area (Å²) in [7, 11) is 3.03. The summed E-state index contributed by atoms with van der Waals surface area (Å²) in [5.41, 5.74) is 0.261. The molecule has 3 rings (SSSR count). The van der Waals surface area contributed by atoms with Crippen molar-refractivity contribution in [3.05, 3.63) is 57.6 Å². The molecule has 1 aliphatic heterocycles. The lowest BCUT2D eigenvalue weighted by Crippen LogP contribution is -2.41. The number of carbonyl (C=O) groups excluding carboxylic acids is 2. The Morgan fingerprint density at radius 1 is 1.13 bits per heavy atom. The normalized spacial score (nSPS) is 17.1. The molecular weight excluding hydrogens is 496 g/mol. The maximum absolute atomic E-state index is 13.2. The lowest BCUT2D eigenvalue weighted by molar-refractivity contribution is -0.384. The number of non-ortho nitro benzene ring substituents is 1. The Hall–Kier alpha value is -4.06. The second-order valence-corrected chi connectivity index (χ2v) is 9.91. The van der Waals surface area contributed by atoms with Crippen LogP contribution in [0.3, 0.4) is 0 Å². The molecule has 2 aromatic carbocycles. The van der Waals surface area contributed by atoms with Gasteiger partial charge < -0.3 is 34.9 Å². The van der Waals surface area contributed by atoms with Gasteiger partial charge >= 0.3 is 6.09 Å². The third-order valence-electron chi connectivity index (χ3n) is 5.97. The monoisotopic (exact) mass is 530 g/mol. The maximum Gasteiger partial charge on any atom is 0.410 e. The molecule has 0 unspecified atom stereocenters. The van der Waals surface area contributed by atoms with Gasteiger partial charge in [0.05, 0.1) is 37.4 Å². The number of hydrogen-bond acceptors (Lipinski definition) is 9. The van der Waals surface area contributed by atoms with Gasteiger partial charge in [-0.2, -0.15) is 0 Å². The van der Waals surface area contributed by atoms with E-state index in [0.29, 0.717) is 23.6 Å². The summed E-state index contributed by atoms with van der Waals surface area (Å²) in [6.45, 7) is 5.39. The van der Waals surface area contributed by atoms with E-state index in [4.69, 9.17) is 14.2 Å². The van der Waals surface area contributed by atoms with Crippen molar-refractivity contribution >= 4 is 23.4 Å². The van der Waals surface area contributed by atoms with Crippen LogP contribution in [-0.4, -0.2) is 72.0 Å². The molecule has 12 nitrogen and oxygen atoms in total. The van der Waals surface area contributed by atoms with E-state index in [-0.39, 0.29) is 37.0 Å². The highest BCUT2D eigenvalue weighted by Gasteiger charge is 2.37. The Labute approximate surface area is 221 Å². The molecule has 2 atom stereocenters. The van der Waals surface area contributed by atoms with Gasteiger partial charge in [0.15, 0.2) is 11.5 Å². The van der Waals surface area contributed by atoms with Gasteiger partial charge in [0.1, 0.15) is 5.60 Å². The molecule has 206 valence electrons. The lowest BCUT2D eigenvalue weighted by atomic mass is 10.1. The second-order valence-electron chi connectivity index (χ2n) is 9.91. The summed E-state index contributed by atoms with van der Waals surface area (Å²) < 4.78 is 16.0. The average Bonchev–Trinajstić information content (AvgIpc) is 3.29. The summed E-state index contributed by atoms with van der Waals surface area (Å²) in [4.78, 5) is 38.1. The van der Waals surface area contributed by atoms with Crippen LogP contribution in [0.4, 0.5) is 16.2 Å². The number of nitro benzene ring substituents is 1. The SMILES string of the molecule is COc1ccc(CNC(=O)c2cc([N+](=O)[O-])ccc2N[C@H]2C[C@@H](CO)N(C(=O)OC(C)(C)C)C2)cc1OC. The first kappa shape index (κ1) is 28.5. The van der Waals surface area contributed by atoms with E-state index in [1.807, 2.05) is 0 Å². The van der Waals surface area contributed by atoms with Crippen molar-refractivity contribution in [3.8, 4) is 11.5 Å². The fourth-order valence-electron chi connectivity index (χ4n) is 4.19. The summed E-state index contributed by atoms with van der Waals surface area (Å²) in [6.07, 6.45) is -0.142. The number of likely N-dealkylation sites (tertiary alicyclic amines) is 1. The number of amides is 2. The highest BCUT2D eigenvalue weighted by atomic mass is 16.6. The van der Waals surface area contributed by atoms with E-state index >= 15 is 0 Å². The predicted molar refractivity (Wildman–Crippen MR) is 140 cm³/mol. The number of aliphatic hydroxyl groups excluding tert-OH is 1. The van der Waals surface area contributed by atoms with Gasteiger partial charge in [-0.1, -0.05) is 6.07 Å². The Morgan fingerprint density at radius 3 is 2.45 bits per heavy atom. The van der Waals surface area contributed by atoms with Crippen LogP contribution in [0, 0.1) is 10.1 Å². The molecular formula is C26H34N4O8. The quantitative estimate of drug-likeness (QED) is 0.327. The van der Waals surface area contributed by atoms with E-state index in [9.17, 15) is 24.8 Å². The molecule has 0 aromatic heterocycles. The number of nitrogens with zero attached hydrogens (tertiary/aromatic N) is 2. The van der Waals surface area contributed by atoms with Gasteiger partial charge in [-0.15, -0.1) is 0 Å². The minimum absolute atomic E-state index is 0.0796. The predicted octanol–water partition coefficient (Wildman–Crippen LogP) is 3.32. The second kappa shape index (κ2) is 12.0. The number of aliphatic hydroxyl groups is 1. The number of anilines is 1. The van der Waals surface area contributed by atoms with E-state index < -0.39 is 28.6 Å². The lowest BCUT2D eigenvalue weighted by Gasteiger charge is -2.27. The number of nitrogens with one attached hydrogen (secondary N) is 2. The van der Waals surface area contributed by atoms with Crippen LogP contribution >= 0.6 is 0 Å². The molecule has 0 bridgehead atoms. The van der Waals surface area contributed by atoms with Gasteiger partial charge in [0.25, 0.3) is 11.6 Å². The van der Waals surface area contributed by atoms with Crippen LogP contribution in [0.25, 0.3) is 0 Å². The third kappa shape index (κ3) is 7.03. The molecule has 0 radical (unpaired) electrons. The summed E-state index contributed by atoms with van der Waals surface area (Å²) in [5.74, 6) is 0.531. The van der Waals surface area contributed by atoms with Gasteiger partial charge in [0, 0.05) is 37.0 Å². The zero-order valence-electron chi connectivity index (χ0n) is 22.1. The molecule has 1 heterocycles. The molecule has 2 amide bonds. The summed E-state index contributed by atoms with van der Waals surface area (Å²) in [5, 5.41) is 27.2. The number of methoxy groups -OCH3 is 2. The van der Waals surface area contributed by atoms with Crippen LogP contribution in [0.15, 0.2) is 36.4 Å². The Kier molecular flexibility index (Phi) is 9.00. The van der Waals surface area contributed by atoms with Crippen molar-refractivity contribution in [3.63, 3.8) is 0 Å². The highest BCUT2D eigenvalue weighted by molar-refractivity contribution is 6.00. The van der Waals surface area contributed by atoms with E-state index in [1.54, 1.807) is 39.0 Å². The Bertz CT molecular complexity index is 1180. The highest BCUT2D eigenvalue weighted by Crippen LogP contribution is 2.29. The fraction of sp³-hybridized carbons (Fsp3) is 0.462. The molecule has 3 N–H and O–H groups in total. The minimum Gasteiger partial charge on any atom is -0.493 e. The maximum atomic E-state index is 13.2. The van der Waals surface area contributed by atoms with Crippen molar-refractivity contribution in [2.24, 2.45) is 0 Å². The van der Waals surface area contributed by atoms with Gasteiger partial charge in [-0.05, 0) is 51.0 Å². The summed E-state index contributed by atoms with van der Waals surface area (Å²) >= 11 is 0. The number of ether oxygens (including phenoxy) is 3. The van der Waals surface area contributed by atoms with Gasteiger partial charge in [-0.25, -0.2) is 4.79 Å². The van der Waals surface area contributed by atoms with Crippen LogP contribution < -0.4 is 20.1 Å². The standard InChI is InChI=1S/C26H34N4O8/c1-26(2,3)38-25(33)29-14-17(11-19(29)15-31)28-21-8-7-18(30(34)35)12-20(21)24(32)27-13-16-6-9-22(36-4)23(10-16)37-5/h6-10,12,17,19,28,31H,11,13-15H2,1-5H3,(H,27,32)/t17-,19-/m0/s1. The van der Waals surface area contributed by atoms with Gasteiger partial charge in [-0.3, -0.25) is 14.9 Å². The molecule has 12 heteroatoms. The fourth-order valence-corrected chi connectivity index (χ4v) is 4.19. The van der Waals surface area contributed by atoms with Gasteiger partial charge in [0.2, 0.25) is 0 Å². The molecule has 38 heavy (non-hydrogen) atoms. The largest absolute Gasteiger partial charge is 0.493 e. The zero-order chi connectivity index (χ0) is 28.0. The molecule has 1 saturated heterocycles. The number of benzene rings is 2. The zero-order valence-corrected chi connectivity index (χ0v) is 22.1. The molecule has 0 aliphatic carbocycles. The van der Waals surface area contributed by atoms with Crippen molar-refractivity contribution in [1.82, 2.24) is 10.2 Å². The molecule has 0 saturated carbocycles. The number of nitro groups is 1. The first-order valence-electron chi connectivity index (χ1n) is 12.1. The van der Waals surface area contributed by atoms with E-state index in [0.717, 1.165) is 5.56 Å². The third-order valence-corrected chi connectivity index (χ3v) is 5.97. The molecule has 0 spiro atoms. The Balaban J connectivity index is 1.78. The van der Waals surface area contributed by atoms with E-state index in [2.05, 4.69) is 10.6 Å². The van der Waals surface area contributed by atoms with Crippen molar-refractivity contribution < 1.29 is 33.8 Å². The van der Waals surface area contributed by atoms with Crippen molar-refractivity contribution in [2.45, 2.75) is 51.4 Å². The first-order chi connectivity index (χ1) is 17.9. The number of hydrogen-bond donors (Lipinski definition) is 3. The average molecular weight is 531 g/mol. The number of carbonyl (C=O) groups is 2. The molecule has 1 aliphatic rings. The minimum atomic E-state index is -0.694. The number of rotatable bonds is 9.